The van der Waals surface area contributed by atoms with Crippen molar-refractivity contribution in [1.29, 1.82) is 0 Å². The number of hydrazine groups is 1. The van der Waals surface area contributed by atoms with Crippen molar-refractivity contribution in [3.8, 4) is 0 Å². The Balaban J connectivity index is 2.48. The summed E-state index contributed by atoms with van der Waals surface area (Å²) in [5.74, 6) is 5.85. The Bertz CT molecular complexity index is 243. The van der Waals surface area contributed by atoms with Crippen LogP contribution in [0.1, 0.15) is 0 Å². The molecule has 7 heteroatoms. The lowest BCUT2D eigenvalue weighted by molar-refractivity contribution is -0.122. The molecule has 0 radical (unpaired) electrons. The van der Waals surface area contributed by atoms with Crippen molar-refractivity contribution >= 4 is 11.9 Å². The van der Waals surface area contributed by atoms with Crippen LogP contribution in [-0.2, 0) is 9.53 Å². The molecule has 4 N–H and O–H groups in total. The van der Waals surface area contributed by atoms with E-state index in [-0.39, 0.29) is 12.5 Å². The van der Waals surface area contributed by atoms with E-state index in [9.17, 15) is 4.79 Å². The summed E-state index contributed by atoms with van der Waals surface area (Å²) in [5, 5.41) is 2.73. The van der Waals surface area contributed by atoms with E-state index in [2.05, 4.69) is 15.7 Å². The van der Waals surface area contributed by atoms with Crippen LogP contribution in [0.4, 0.5) is 0 Å². The Labute approximate surface area is 88.6 Å². The van der Waals surface area contributed by atoms with Gasteiger partial charge in [0.2, 0.25) is 11.9 Å². The van der Waals surface area contributed by atoms with E-state index >= 15 is 0 Å². The molecule has 0 saturated carbocycles. The van der Waals surface area contributed by atoms with Crippen LogP contribution in [0.25, 0.3) is 0 Å². The third-order valence-corrected chi connectivity index (χ3v) is 2.02. The zero-order valence-electron chi connectivity index (χ0n) is 8.82. The molecule has 0 aliphatic carbocycles. The highest BCUT2D eigenvalue weighted by Gasteiger charge is 2.18. The molecule has 7 nitrogen and oxygen atoms in total. The molecule has 0 aromatic carbocycles. The average Bonchev–Trinajstić information content (AvgIpc) is 2.24. The minimum atomic E-state index is -0.0176. The van der Waals surface area contributed by atoms with Gasteiger partial charge in [0.05, 0.1) is 19.7 Å². The Morgan fingerprint density at radius 3 is 3.20 bits per heavy atom. The van der Waals surface area contributed by atoms with Gasteiger partial charge in [0.1, 0.15) is 0 Å². The molecule has 1 aliphatic rings. The molecule has 0 bridgehead atoms. The van der Waals surface area contributed by atoms with Crippen molar-refractivity contribution in [3.05, 3.63) is 0 Å². The molecule has 1 fully saturated rings. The lowest BCUT2D eigenvalue weighted by Gasteiger charge is -2.28. The maximum Gasteiger partial charge on any atom is 0.239 e. The predicted octanol–water partition coefficient (Wildman–Crippen LogP) is -2.12. The van der Waals surface area contributed by atoms with Crippen LogP contribution in [0.5, 0.6) is 0 Å². The molecule has 0 spiro atoms. The van der Waals surface area contributed by atoms with Gasteiger partial charge < -0.3 is 15.0 Å². The van der Waals surface area contributed by atoms with E-state index in [0.717, 1.165) is 0 Å². The molecule has 1 amide bonds. The van der Waals surface area contributed by atoms with Gasteiger partial charge in [0.15, 0.2) is 0 Å². The summed E-state index contributed by atoms with van der Waals surface area (Å²) >= 11 is 0. The molecule has 0 unspecified atom stereocenters. The molecule has 0 aromatic rings. The number of rotatable bonds is 3. The molecule has 0 aromatic heterocycles. The molecule has 1 aliphatic heterocycles. The van der Waals surface area contributed by atoms with Crippen molar-refractivity contribution in [1.82, 2.24) is 15.6 Å². The quantitative estimate of drug-likeness (QED) is 0.165. The fourth-order valence-electron chi connectivity index (χ4n) is 1.30. The van der Waals surface area contributed by atoms with E-state index in [1.165, 1.54) is 0 Å². The standard InChI is InChI=1S/C8H17N5O2/c1-15-5-3-11-8(12-9)13-4-2-10-7(14)6-13/h2-6,9H2,1H3,(H,10,14)(H,11,12). The first-order valence-electron chi connectivity index (χ1n) is 4.79. The van der Waals surface area contributed by atoms with Gasteiger partial charge in [-0.1, -0.05) is 0 Å². The molecule has 1 heterocycles. The van der Waals surface area contributed by atoms with E-state index in [1.807, 2.05) is 0 Å². The molecule has 86 valence electrons. The van der Waals surface area contributed by atoms with Gasteiger partial charge >= 0.3 is 0 Å². The molecular formula is C8H17N5O2. The minimum Gasteiger partial charge on any atom is -0.383 e. The number of hydrogen-bond acceptors (Lipinski definition) is 4. The number of methoxy groups -OCH3 is 1. The number of ether oxygens (including phenoxy) is 1. The highest BCUT2D eigenvalue weighted by molar-refractivity contribution is 5.87. The highest BCUT2D eigenvalue weighted by atomic mass is 16.5. The maximum absolute atomic E-state index is 11.1. The fourth-order valence-corrected chi connectivity index (χ4v) is 1.30. The second kappa shape index (κ2) is 6.20. The van der Waals surface area contributed by atoms with E-state index in [4.69, 9.17) is 10.6 Å². The first-order chi connectivity index (χ1) is 7.27. The first-order valence-corrected chi connectivity index (χ1v) is 4.79. The summed E-state index contributed by atoms with van der Waals surface area (Å²) in [5.41, 5.74) is 2.49. The number of nitrogens with zero attached hydrogens (tertiary/aromatic N) is 2. The molecule has 1 saturated heterocycles. The summed E-state index contributed by atoms with van der Waals surface area (Å²) in [7, 11) is 1.61. The second-order valence-electron chi connectivity index (χ2n) is 3.11. The van der Waals surface area contributed by atoms with E-state index in [0.29, 0.717) is 32.2 Å². The number of nitrogens with one attached hydrogen (secondary N) is 2. The van der Waals surface area contributed by atoms with Gasteiger partial charge in [-0.05, 0) is 0 Å². The molecule has 0 atom stereocenters. The number of piperazine rings is 1. The van der Waals surface area contributed by atoms with Gasteiger partial charge in [0, 0.05) is 20.2 Å². The zero-order valence-corrected chi connectivity index (χ0v) is 8.82. The monoisotopic (exact) mass is 215 g/mol. The minimum absolute atomic E-state index is 0.0176. The van der Waals surface area contributed by atoms with Crippen LogP contribution in [0, 0.1) is 0 Å². The lowest BCUT2D eigenvalue weighted by Crippen LogP contribution is -2.55. The SMILES string of the molecule is COCCN=C(NN)N1CCNC(=O)C1. The largest absolute Gasteiger partial charge is 0.383 e. The van der Waals surface area contributed by atoms with Gasteiger partial charge in [0.25, 0.3) is 0 Å². The Kier molecular flexibility index (Phi) is 4.85. The topological polar surface area (TPSA) is 92.0 Å². The number of guanidine groups is 1. The summed E-state index contributed by atoms with van der Waals surface area (Å²) in [6.45, 7) is 2.67. The van der Waals surface area contributed by atoms with Crippen molar-refractivity contribution in [2.75, 3.05) is 39.9 Å². The predicted molar refractivity (Wildman–Crippen MR) is 56.1 cm³/mol. The number of hydrogen-bond donors (Lipinski definition) is 3. The van der Waals surface area contributed by atoms with Crippen LogP contribution < -0.4 is 16.6 Å². The number of carbonyl (C=O) groups excluding carboxylic acids is 1. The average molecular weight is 215 g/mol. The lowest BCUT2D eigenvalue weighted by atomic mass is 10.4. The third-order valence-electron chi connectivity index (χ3n) is 2.02. The number of amides is 1. The van der Waals surface area contributed by atoms with Crippen molar-refractivity contribution in [3.63, 3.8) is 0 Å². The van der Waals surface area contributed by atoms with Gasteiger partial charge in [-0.25, -0.2) is 10.8 Å². The van der Waals surface area contributed by atoms with Crippen LogP contribution in [0.2, 0.25) is 0 Å². The van der Waals surface area contributed by atoms with Gasteiger partial charge in [-0.2, -0.15) is 0 Å². The normalized spacial score (nSPS) is 17.6. The van der Waals surface area contributed by atoms with E-state index in [1.54, 1.807) is 12.0 Å². The van der Waals surface area contributed by atoms with Crippen molar-refractivity contribution in [2.24, 2.45) is 10.8 Å². The number of carbonyl (C=O) groups is 1. The number of nitrogens with two attached hydrogens (primary N) is 1. The Morgan fingerprint density at radius 2 is 2.60 bits per heavy atom. The van der Waals surface area contributed by atoms with Gasteiger partial charge in [-0.15, -0.1) is 0 Å². The summed E-state index contributed by atoms with van der Waals surface area (Å²) < 4.78 is 4.87. The van der Waals surface area contributed by atoms with Crippen LogP contribution in [-0.4, -0.2) is 56.7 Å². The fraction of sp³-hybridized carbons (Fsp3) is 0.750. The summed E-state index contributed by atoms with van der Waals surface area (Å²) in [4.78, 5) is 17.1. The Morgan fingerprint density at radius 1 is 1.80 bits per heavy atom. The summed E-state index contributed by atoms with van der Waals surface area (Å²) in [6, 6.07) is 0. The zero-order chi connectivity index (χ0) is 11.1. The van der Waals surface area contributed by atoms with Crippen LogP contribution in [0.3, 0.4) is 0 Å². The maximum atomic E-state index is 11.1. The molecule has 1 rings (SSSR count). The number of aliphatic imine (C=N–C) groups is 1. The van der Waals surface area contributed by atoms with E-state index < -0.39 is 0 Å². The highest BCUT2D eigenvalue weighted by Crippen LogP contribution is 1.94. The van der Waals surface area contributed by atoms with Crippen molar-refractivity contribution < 1.29 is 9.53 Å². The van der Waals surface area contributed by atoms with Crippen LogP contribution in [0.15, 0.2) is 4.99 Å². The second-order valence-corrected chi connectivity index (χ2v) is 3.11. The third kappa shape index (κ3) is 3.72. The van der Waals surface area contributed by atoms with Crippen molar-refractivity contribution in [2.45, 2.75) is 0 Å². The molecular weight excluding hydrogens is 198 g/mol. The summed E-state index contributed by atoms with van der Waals surface area (Å²) in [6.07, 6.45) is 0. The Hall–Kier alpha value is -1.34. The van der Waals surface area contributed by atoms with Gasteiger partial charge in [-0.3, -0.25) is 10.2 Å². The first kappa shape index (κ1) is 11.7. The van der Waals surface area contributed by atoms with Crippen LogP contribution >= 0.6 is 0 Å². The smallest absolute Gasteiger partial charge is 0.239 e. The molecule has 15 heavy (non-hydrogen) atoms.